The number of halogens is 2. The Balaban J connectivity index is 1.14. The maximum Gasteiger partial charge on any atom is 0.201 e. The summed E-state index contributed by atoms with van der Waals surface area (Å²) in [4.78, 5) is 0. The molecule has 2 fully saturated rings. The van der Waals surface area contributed by atoms with Crippen LogP contribution in [-0.2, 0) is 4.74 Å². The first kappa shape index (κ1) is 29.5. The molecule has 3 aromatic carbocycles. The normalized spacial score (nSPS) is 23.1. The van der Waals surface area contributed by atoms with Crippen molar-refractivity contribution in [3.63, 3.8) is 0 Å². The van der Waals surface area contributed by atoms with Gasteiger partial charge >= 0.3 is 0 Å². The first-order valence-electron chi connectivity index (χ1n) is 15.6. The number of hydrogen-bond donors (Lipinski definition) is 0. The molecule has 3 aromatic rings. The zero-order valence-corrected chi connectivity index (χ0v) is 24.6. The van der Waals surface area contributed by atoms with E-state index < -0.39 is 11.6 Å². The van der Waals surface area contributed by atoms with Gasteiger partial charge in [0.1, 0.15) is 0 Å². The maximum atomic E-state index is 14.8. The molecule has 2 atom stereocenters. The SMILES string of the molecule is CC=CCCC1CCC(C2CCC(c3ccc(-c4ccc(-c5ccc(OCCC)c(F)c5F)cc4)cc3)CC2)OC1. The summed E-state index contributed by atoms with van der Waals surface area (Å²) in [5.41, 5.74) is 4.49. The summed E-state index contributed by atoms with van der Waals surface area (Å²) in [6.45, 7) is 5.32. The lowest BCUT2D eigenvalue weighted by Crippen LogP contribution is -2.34. The fourth-order valence-electron chi connectivity index (χ4n) is 6.62. The van der Waals surface area contributed by atoms with E-state index >= 15 is 0 Å². The molecular formula is C37H44F2O2. The molecule has 2 aliphatic rings. The molecule has 0 bridgehead atoms. The average molecular weight is 559 g/mol. The molecule has 0 radical (unpaired) electrons. The van der Waals surface area contributed by atoms with Gasteiger partial charge in [-0.1, -0.05) is 67.6 Å². The van der Waals surface area contributed by atoms with Crippen LogP contribution in [0.15, 0.2) is 72.8 Å². The van der Waals surface area contributed by atoms with Crippen LogP contribution in [0.2, 0.25) is 0 Å². The molecule has 1 aliphatic carbocycles. The van der Waals surface area contributed by atoms with Crippen LogP contribution < -0.4 is 4.74 Å². The summed E-state index contributed by atoms with van der Waals surface area (Å²) in [7, 11) is 0. The van der Waals surface area contributed by atoms with E-state index in [0.29, 0.717) is 30.1 Å². The highest BCUT2D eigenvalue weighted by atomic mass is 19.2. The molecule has 1 aliphatic heterocycles. The Morgan fingerprint density at radius 2 is 1.49 bits per heavy atom. The Bertz CT molecular complexity index is 1270. The van der Waals surface area contributed by atoms with Crippen molar-refractivity contribution < 1.29 is 18.3 Å². The van der Waals surface area contributed by atoms with Crippen LogP contribution in [-0.4, -0.2) is 19.3 Å². The zero-order chi connectivity index (χ0) is 28.6. The van der Waals surface area contributed by atoms with Crippen molar-refractivity contribution >= 4 is 0 Å². The predicted octanol–water partition coefficient (Wildman–Crippen LogP) is 10.5. The van der Waals surface area contributed by atoms with Gasteiger partial charge in [-0.05, 0) is 117 Å². The number of ether oxygens (including phenoxy) is 2. The van der Waals surface area contributed by atoms with Crippen molar-refractivity contribution in [1.82, 2.24) is 0 Å². The minimum absolute atomic E-state index is 0.0371. The molecule has 0 amide bonds. The van der Waals surface area contributed by atoms with Crippen LogP contribution in [0.25, 0.3) is 22.3 Å². The molecule has 0 aromatic heterocycles. The fraction of sp³-hybridized carbons (Fsp3) is 0.459. The molecule has 218 valence electrons. The summed E-state index contributed by atoms with van der Waals surface area (Å²) in [6, 6.07) is 19.7. The van der Waals surface area contributed by atoms with Crippen LogP contribution in [0.5, 0.6) is 5.75 Å². The average Bonchev–Trinajstić information content (AvgIpc) is 3.03. The molecule has 1 saturated carbocycles. The van der Waals surface area contributed by atoms with Gasteiger partial charge in [0.05, 0.1) is 12.7 Å². The largest absolute Gasteiger partial charge is 0.490 e. The van der Waals surface area contributed by atoms with Gasteiger partial charge in [0.25, 0.3) is 0 Å². The summed E-state index contributed by atoms with van der Waals surface area (Å²) >= 11 is 0. The molecule has 2 unspecified atom stereocenters. The molecule has 1 heterocycles. The molecule has 0 N–H and O–H groups in total. The van der Waals surface area contributed by atoms with Crippen LogP contribution in [0, 0.1) is 23.5 Å². The van der Waals surface area contributed by atoms with Crippen molar-refractivity contribution in [3.8, 4) is 28.0 Å². The van der Waals surface area contributed by atoms with Gasteiger partial charge in [-0.2, -0.15) is 4.39 Å². The molecular weight excluding hydrogens is 514 g/mol. The Labute approximate surface area is 244 Å². The quantitative estimate of drug-likeness (QED) is 0.230. The zero-order valence-electron chi connectivity index (χ0n) is 24.6. The van der Waals surface area contributed by atoms with E-state index in [1.54, 1.807) is 6.07 Å². The lowest BCUT2D eigenvalue weighted by molar-refractivity contribution is -0.0573. The molecule has 4 heteroatoms. The van der Waals surface area contributed by atoms with E-state index in [-0.39, 0.29) is 11.3 Å². The second-order valence-corrected chi connectivity index (χ2v) is 11.9. The minimum atomic E-state index is -0.930. The summed E-state index contributed by atoms with van der Waals surface area (Å²) < 4.78 is 40.9. The second-order valence-electron chi connectivity index (χ2n) is 11.9. The van der Waals surface area contributed by atoms with Gasteiger partial charge < -0.3 is 9.47 Å². The van der Waals surface area contributed by atoms with Crippen molar-refractivity contribution in [2.45, 2.75) is 83.7 Å². The van der Waals surface area contributed by atoms with E-state index in [2.05, 4.69) is 43.3 Å². The minimum Gasteiger partial charge on any atom is -0.490 e. The lowest BCUT2D eigenvalue weighted by atomic mass is 9.75. The fourth-order valence-corrected chi connectivity index (χ4v) is 6.62. The van der Waals surface area contributed by atoms with E-state index in [4.69, 9.17) is 9.47 Å². The third kappa shape index (κ3) is 7.27. The predicted molar refractivity (Wildman–Crippen MR) is 164 cm³/mol. The summed E-state index contributed by atoms with van der Waals surface area (Å²) in [5, 5.41) is 0. The van der Waals surface area contributed by atoms with Gasteiger partial charge in [0.2, 0.25) is 5.82 Å². The Morgan fingerprint density at radius 1 is 0.805 bits per heavy atom. The highest BCUT2D eigenvalue weighted by Gasteiger charge is 2.32. The number of hydrogen-bond acceptors (Lipinski definition) is 2. The highest BCUT2D eigenvalue weighted by Crippen LogP contribution is 2.41. The monoisotopic (exact) mass is 558 g/mol. The third-order valence-electron chi connectivity index (χ3n) is 9.10. The van der Waals surface area contributed by atoms with E-state index in [1.807, 2.05) is 31.2 Å². The van der Waals surface area contributed by atoms with E-state index in [1.165, 1.54) is 63.0 Å². The maximum absolute atomic E-state index is 14.8. The molecule has 1 saturated heterocycles. The second kappa shape index (κ2) is 14.3. The Kier molecular flexibility index (Phi) is 10.3. The summed E-state index contributed by atoms with van der Waals surface area (Å²) in [5.74, 6) is 0.213. The van der Waals surface area contributed by atoms with Gasteiger partial charge in [0, 0.05) is 12.2 Å². The first-order valence-corrected chi connectivity index (χ1v) is 15.6. The Hall–Kier alpha value is -2.98. The van der Waals surface area contributed by atoms with Crippen LogP contribution in [0.4, 0.5) is 8.78 Å². The van der Waals surface area contributed by atoms with Crippen molar-refractivity contribution in [2.24, 2.45) is 11.8 Å². The lowest BCUT2D eigenvalue weighted by Gasteiger charge is -2.38. The van der Waals surface area contributed by atoms with Crippen molar-refractivity contribution in [1.29, 1.82) is 0 Å². The Morgan fingerprint density at radius 3 is 2.12 bits per heavy atom. The third-order valence-corrected chi connectivity index (χ3v) is 9.10. The van der Waals surface area contributed by atoms with Crippen LogP contribution in [0.1, 0.15) is 83.1 Å². The van der Waals surface area contributed by atoms with E-state index in [0.717, 1.165) is 30.1 Å². The number of allylic oxidation sites excluding steroid dienone is 2. The first-order chi connectivity index (χ1) is 20.1. The van der Waals surface area contributed by atoms with Crippen LogP contribution in [0.3, 0.4) is 0 Å². The number of benzene rings is 3. The van der Waals surface area contributed by atoms with E-state index in [9.17, 15) is 8.78 Å². The van der Waals surface area contributed by atoms with Crippen molar-refractivity contribution in [3.05, 3.63) is 90.0 Å². The number of rotatable bonds is 10. The van der Waals surface area contributed by atoms with Crippen LogP contribution >= 0.6 is 0 Å². The molecule has 41 heavy (non-hydrogen) atoms. The van der Waals surface area contributed by atoms with Gasteiger partial charge in [-0.3, -0.25) is 0 Å². The molecule has 5 rings (SSSR count). The molecule has 2 nitrogen and oxygen atoms in total. The molecule has 0 spiro atoms. The van der Waals surface area contributed by atoms with Gasteiger partial charge in [-0.15, -0.1) is 0 Å². The standard InChI is InChI=1S/C37H44F2O2/c1-3-5-6-7-26-8-22-34(41-25-26)32-19-15-30(16-20-32)28-11-9-27(10-12-28)29-13-17-31(18-14-29)33-21-23-35(40-24-4-2)37(39)36(33)38/h3,5,9-14,17-18,21,23,26,30,32,34H,4,6-8,15-16,19-20,22,24-25H2,1-2H3. The topological polar surface area (TPSA) is 18.5 Å². The van der Waals surface area contributed by atoms with Crippen molar-refractivity contribution in [2.75, 3.05) is 13.2 Å². The smallest absolute Gasteiger partial charge is 0.201 e. The highest BCUT2D eigenvalue weighted by molar-refractivity contribution is 5.71. The summed E-state index contributed by atoms with van der Waals surface area (Å²) in [6.07, 6.45) is 15.6. The van der Waals surface area contributed by atoms with Gasteiger partial charge in [-0.25, -0.2) is 4.39 Å². The van der Waals surface area contributed by atoms with Gasteiger partial charge in [0.15, 0.2) is 11.6 Å².